The standard InChI is InChI=1S/C22H23ClN4OS/c1-15-11-12-17(14-18(15)23)24-21(28)20(16-8-4-2-5-9-16)29-22-26-25-19-10-6-3-7-13-27(19)22/h2,4-5,8-9,11-12,14,20H,3,6-7,10,13H2,1H3,(H,24,28). The molecular weight excluding hydrogens is 404 g/mol. The first-order valence-corrected chi connectivity index (χ1v) is 11.1. The first-order chi connectivity index (χ1) is 14.1. The lowest BCUT2D eigenvalue weighted by molar-refractivity contribution is -0.115. The summed E-state index contributed by atoms with van der Waals surface area (Å²) in [4.78, 5) is 13.2. The van der Waals surface area contributed by atoms with Crippen molar-refractivity contribution in [2.45, 2.75) is 49.6 Å². The summed E-state index contributed by atoms with van der Waals surface area (Å²) in [5.74, 6) is 0.912. The fraction of sp³-hybridized carbons (Fsp3) is 0.318. The lowest BCUT2D eigenvalue weighted by Crippen LogP contribution is -2.19. The highest BCUT2D eigenvalue weighted by molar-refractivity contribution is 8.00. The minimum Gasteiger partial charge on any atom is -0.325 e. The van der Waals surface area contributed by atoms with E-state index in [2.05, 4.69) is 20.1 Å². The SMILES string of the molecule is Cc1ccc(NC(=O)C(Sc2nnc3n2CCCCC3)c2ccccc2)cc1Cl. The van der Waals surface area contributed by atoms with Crippen molar-refractivity contribution >= 4 is 35.0 Å². The zero-order valence-electron chi connectivity index (χ0n) is 16.3. The van der Waals surface area contributed by atoms with E-state index in [1.807, 2.05) is 49.4 Å². The normalized spacial score (nSPS) is 14.7. The van der Waals surface area contributed by atoms with E-state index >= 15 is 0 Å². The van der Waals surface area contributed by atoms with Crippen molar-refractivity contribution < 1.29 is 4.79 Å². The average molecular weight is 427 g/mol. The summed E-state index contributed by atoms with van der Waals surface area (Å²) < 4.78 is 2.17. The van der Waals surface area contributed by atoms with Crippen molar-refractivity contribution in [1.82, 2.24) is 14.8 Å². The summed E-state index contributed by atoms with van der Waals surface area (Å²) >= 11 is 7.68. The number of aryl methyl sites for hydroxylation is 2. The molecule has 0 saturated heterocycles. The Labute approximate surface area is 179 Å². The Morgan fingerprint density at radius 2 is 1.97 bits per heavy atom. The number of thioether (sulfide) groups is 1. The molecule has 4 rings (SSSR count). The smallest absolute Gasteiger partial charge is 0.242 e. The number of aromatic nitrogens is 3. The van der Waals surface area contributed by atoms with Gasteiger partial charge in [-0.1, -0.05) is 66.2 Å². The Kier molecular flexibility index (Phi) is 6.21. The van der Waals surface area contributed by atoms with Crippen LogP contribution in [0.1, 0.15) is 41.5 Å². The predicted molar refractivity (Wildman–Crippen MR) is 117 cm³/mol. The molecule has 1 atom stereocenters. The number of anilines is 1. The van der Waals surface area contributed by atoms with Crippen molar-refractivity contribution in [3.63, 3.8) is 0 Å². The quantitative estimate of drug-likeness (QED) is 0.552. The third-order valence-corrected chi connectivity index (χ3v) is 6.72. The zero-order valence-corrected chi connectivity index (χ0v) is 17.8. The van der Waals surface area contributed by atoms with Crippen LogP contribution in [0, 0.1) is 6.92 Å². The maximum absolute atomic E-state index is 13.2. The van der Waals surface area contributed by atoms with Crippen LogP contribution in [-0.2, 0) is 17.8 Å². The Morgan fingerprint density at radius 3 is 2.76 bits per heavy atom. The van der Waals surface area contributed by atoms with E-state index in [0.29, 0.717) is 10.7 Å². The van der Waals surface area contributed by atoms with Gasteiger partial charge in [-0.15, -0.1) is 10.2 Å². The van der Waals surface area contributed by atoms with Crippen LogP contribution in [0.25, 0.3) is 0 Å². The number of carbonyl (C=O) groups is 1. The molecule has 1 unspecified atom stereocenters. The third kappa shape index (κ3) is 4.65. The number of carbonyl (C=O) groups excluding carboxylic acids is 1. The predicted octanol–water partition coefficient (Wildman–Crippen LogP) is 5.44. The maximum Gasteiger partial charge on any atom is 0.242 e. The lowest BCUT2D eigenvalue weighted by Gasteiger charge is -2.17. The maximum atomic E-state index is 13.2. The molecule has 0 bridgehead atoms. The van der Waals surface area contributed by atoms with Gasteiger partial charge in [-0.25, -0.2) is 0 Å². The van der Waals surface area contributed by atoms with Crippen molar-refractivity contribution in [2.24, 2.45) is 0 Å². The molecule has 5 nitrogen and oxygen atoms in total. The molecule has 1 aliphatic rings. The Morgan fingerprint density at radius 1 is 1.14 bits per heavy atom. The second kappa shape index (κ2) is 9.01. The van der Waals surface area contributed by atoms with Crippen LogP contribution in [0.3, 0.4) is 0 Å². The van der Waals surface area contributed by atoms with Gasteiger partial charge in [0.25, 0.3) is 0 Å². The molecule has 1 aliphatic heterocycles. The number of nitrogens with zero attached hydrogens (tertiary/aromatic N) is 3. The Bertz CT molecular complexity index is 1010. The first-order valence-electron chi connectivity index (χ1n) is 9.82. The largest absolute Gasteiger partial charge is 0.325 e. The highest BCUT2D eigenvalue weighted by Gasteiger charge is 2.26. The van der Waals surface area contributed by atoms with E-state index in [1.54, 1.807) is 6.07 Å². The number of benzene rings is 2. The van der Waals surface area contributed by atoms with E-state index < -0.39 is 5.25 Å². The zero-order chi connectivity index (χ0) is 20.2. The average Bonchev–Trinajstić information content (AvgIpc) is 2.95. The van der Waals surface area contributed by atoms with Gasteiger partial charge in [-0.05, 0) is 43.0 Å². The van der Waals surface area contributed by atoms with Gasteiger partial charge in [0.2, 0.25) is 5.91 Å². The summed E-state index contributed by atoms with van der Waals surface area (Å²) in [6, 6.07) is 15.3. The fourth-order valence-electron chi connectivity index (χ4n) is 3.43. The number of rotatable bonds is 5. The molecule has 2 heterocycles. The van der Waals surface area contributed by atoms with Crippen molar-refractivity contribution in [3.05, 3.63) is 70.5 Å². The molecule has 0 radical (unpaired) electrons. The van der Waals surface area contributed by atoms with Crippen LogP contribution in [-0.4, -0.2) is 20.7 Å². The van der Waals surface area contributed by atoms with E-state index in [0.717, 1.165) is 47.9 Å². The van der Waals surface area contributed by atoms with Gasteiger partial charge in [0.05, 0.1) is 0 Å². The highest BCUT2D eigenvalue weighted by atomic mass is 35.5. The number of fused-ring (bicyclic) bond motifs is 1. The van der Waals surface area contributed by atoms with Gasteiger partial charge in [0.1, 0.15) is 11.1 Å². The molecule has 7 heteroatoms. The number of hydrogen-bond donors (Lipinski definition) is 1. The van der Waals surface area contributed by atoms with Crippen molar-refractivity contribution in [3.8, 4) is 0 Å². The van der Waals surface area contributed by atoms with Crippen LogP contribution in [0.5, 0.6) is 0 Å². The van der Waals surface area contributed by atoms with Crippen LogP contribution >= 0.6 is 23.4 Å². The van der Waals surface area contributed by atoms with Crippen molar-refractivity contribution in [2.75, 3.05) is 5.32 Å². The lowest BCUT2D eigenvalue weighted by atomic mass is 10.1. The minimum atomic E-state index is -0.437. The van der Waals surface area contributed by atoms with Gasteiger partial charge >= 0.3 is 0 Å². The minimum absolute atomic E-state index is 0.105. The van der Waals surface area contributed by atoms with Crippen LogP contribution in [0.2, 0.25) is 5.02 Å². The molecule has 1 N–H and O–H groups in total. The molecule has 0 saturated carbocycles. The summed E-state index contributed by atoms with van der Waals surface area (Å²) in [5, 5.41) is 12.8. The first kappa shape index (κ1) is 20.0. The number of halogens is 1. The highest BCUT2D eigenvalue weighted by Crippen LogP contribution is 2.36. The monoisotopic (exact) mass is 426 g/mol. The Hall–Kier alpha value is -2.31. The van der Waals surface area contributed by atoms with Gasteiger partial charge in [-0.3, -0.25) is 4.79 Å². The summed E-state index contributed by atoms with van der Waals surface area (Å²) in [5.41, 5.74) is 2.59. The van der Waals surface area contributed by atoms with Gasteiger partial charge in [0.15, 0.2) is 5.16 Å². The summed E-state index contributed by atoms with van der Waals surface area (Å²) in [6.45, 7) is 2.84. The van der Waals surface area contributed by atoms with Crippen LogP contribution in [0.4, 0.5) is 5.69 Å². The molecular formula is C22H23ClN4OS. The van der Waals surface area contributed by atoms with Gasteiger partial charge in [-0.2, -0.15) is 0 Å². The second-order valence-corrected chi connectivity index (χ2v) is 8.70. The number of amides is 1. The molecule has 0 aliphatic carbocycles. The van der Waals surface area contributed by atoms with E-state index in [9.17, 15) is 4.79 Å². The van der Waals surface area contributed by atoms with E-state index in [4.69, 9.17) is 11.6 Å². The summed E-state index contributed by atoms with van der Waals surface area (Å²) in [7, 11) is 0. The van der Waals surface area contributed by atoms with E-state index in [-0.39, 0.29) is 5.91 Å². The summed E-state index contributed by atoms with van der Waals surface area (Å²) in [6.07, 6.45) is 4.39. The Balaban J connectivity index is 1.61. The van der Waals surface area contributed by atoms with Crippen LogP contribution < -0.4 is 5.32 Å². The third-order valence-electron chi connectivity index (χ3n) is 5.08. The van der Waals surface area contributed by atoms with E-state index in [1.165, 1.54) is 18.2 Å². The molecule has 2 aromatic carbocycles. The number of nitrogens with one attached hydrogen (secondary N) is 1. The molecule has 1 aromatic heterocycles. The topological polar surface area (TPSA) is 59.8 Å². The molecule has 3 aromatic rings. The molecule has 150 valence electrons. The van der Waals surface area contributed by atoms with Crippen molar-refractivity contribution in [1.29, 1.82) is 0 Å². The fourth-order valence-corrected chi connectivity index (χ4v) is 4.69. The van der Waals surface area contributed by atoms with Gasteiger partial charge < -0.3 is 9.88 Å². The van der Waals surface area contributed by atoms with Crippen LogP contribution in [0.15, 0.2) is 53.7 Å². The second-order valence-electron chi connectivity index (χ2n) is 7.22. The molecule has 1 amide bonds. The molecule has 0 fully saturated rings. The number of hydrogen-bond acceptors (Lipinski definition) is 4. The van der Waals surface area contributed by atoms with Gasteiger partial charge in [0, 0.05) is 23.7 Å². The molecule has 0 spiro atoms. The molecule has 29 heavy (non-hydrogen) atoms.